The Hall–Kier alpha value is -3.14. The van der Waals surface area contributed by atoms with Crippen LogP contribution in [0.5, 0.6) is 0 Å². The van der Waals surface area contributed by atoms with E-state index in [-0.39, 0.29) is 24.8 Å². The van der Waals surface area contributed by atoms with Crippen molar-refractivity contribution in [3.8, 4) is 0 Å². The summed E-state index contributed by atoms with van der Waals surface area (Å²) in [6.45, 7) is 0. The average molecular weight is 336 g/mol. The van der Waals surface area contributed by atoms with Crippen molar-refractivity contribution in [3.63, 3.8) is 0 Å². The van der Waals surface area contributed by atoms with Crippen LogP contribution in [0, 0.1) is 0 Å². The SMILES string of the molecule is O=C(CCCC(=O)O/C=C/c1ccccc1)O/C=C/c1ccccc1. The highest BCUT2D eigenvalue weighted by atomic mass is 16.5. The van der Waals surface area contributed by atoms with Crippen LogP contribution < -0.4 is 0 Å². The number of carbonyl (C=O) groups is 2. The summed E-state index contributed by atoms with van der Waals surface area (Å²) < 4.78 is 9.96. The Morgan fingerprint density at radius 3 is 1.48 bits per heavy atom. The highest BCUT2D eigenvalue weighted by Gasteiger charge is 2.05. The van der Waals surface area contributed by atoms with Gasteiger partial charge in [0.05, 0.1) is 12.5 Å². The van der Waals surface area contributed by atoms with Gasteiger partial charge in [0.1, 0.15) is 0 Å². The number of rotatable bonds is 8. The van der Waals surface area contributed by atoms with E-state index < -0.39 is 0 Å². The van der Waals surface area contributed by atoms with E-state index in [4.69, 9.17) is 9.47 Å². The van der Waals surface area contributed by atoms with E-state index in [2.05, 4.69) is 0 Å². The van der Waals surface area contributed by atoms with E-state index in [0.717, 1.165) is 11.1 Å². The molecule has 0 aliphatic heterocycles. The highest BCUT2D eigenvalue weighted by Crippen LogP contribution is 2.05. The van der Waals surface area contributed by atoms with Gasteiger partial charge in [0.15, 0.2) is 0 Å². The molecule has 0 aliphatic rings. The molecule has 0 radical (unpaired) electrons. The summed E-state index contributed by atoms with van der Waals surface area (Å²) in [4.78, 5) is 23.1. The van der Waals surface area contributed by atoms with Crippen molar-refractivity contribution >= 4 is 24.1 Å². The van der Waals surface area contributed by atoms with Gasteiger partial charge in [0, 0.05) is 12.8 Å². The van der Waals surface area contributed by atoms with Crippen LogP contribution >= 0.6 is 0 Å². The van der Waals surface area contributed by atoms with E-state index in [1.807, 2.05) is 60.7 Å². The molecule has 0 fully saturated rings. The number of carbonyl (C=O) groups excluding carboxylic acids is 2. The Balaban J connectivity index is 1.59. The molecule has 4 heteroatoms. The van der Waals surface area contributed by atoms with Crippen molar-refractivity contribution in [3.05, 3.63) is 84.3 Å². The van der Waals surface area contributed by atoms with Crippen LogP contribution in [-0.4, -0.2) is 11.9 Å². The van der Waals surface area contributed by atoms with Gasteiger partial charge in [0.2, 0.25) is 0 Å². The summed E-state index contributed by atoms with van der Waals surface area (Å²) in [5.74, 6) is -0.750. The number of hydrogen-bond donors (Lipinski definition) is 0. The third-order valence-electron chi connectivity index (χ3n) is 3.28. The lowest BCUT2D eigenvalue weighted by atomic mass is 10.2. The van der Waals surface area contributed by atoms with Crippen molar-refractivity contribution in [2.75, 3.05) is 0 Å². The standard InChI is InChI=1S/C21H20O4/c22-20(24-16-14-18-8-3-1-4-9-18)12-7-13-21(23)25-17-15-19-10-5-2-6-11-19/h1-6,8-11,14-17H,7,12-13H2/b16-14+,17-15+. The molecule has 0 heterocycles. The molecule has 2 aromatic carbocycles. The van der Waals surface area contributed by atoms with Crippen LogP contribution in [0.2, 0.25) is 0 Å². The molecule has 2 rings (SSSR count). The molecule has 0 bridgehead atoms. The molecular weight excluding hydrogens is 316 g/mol. The smallest absolute Gasteiger partial charge is 0.310 e. The Labute approximate surface area is 147 Å². The minimum atomic E-state index is -0.375. The molecule has 0 spiro atoms. The molecule has 0 aromatic heterocycles. The Morgan fingerprint density at radius 1 is 0.680 bits per heavy atom. The Bertz CT molecular complexity index is 655. The topological polar surface area (TPSA) is 52.6 Å². The quantitative estimate of drug-likeness (QED) is 0.523. The summed E-state index contributed by atoms with van der Waals surface area (Å²) in [5.41, 5.74) is 1.90. The fourth-order valence-electron chi connectivity index (χ4n) is 2.00. The molecule has 0 N–H and O–H groups in total. The Kier molecular flexibility index (Phi) is 7.72. The van der Waals surface area contributed by atoms with E-state index in [9.17, 15) is 9.59 Å². The van der Waals surface area contributed by atoms with Crippen LogP contribution in [0.1, 0.15) is 30.4 Å². The zero-order valence-corrected chi connectivity index (χ0v) is 13.8. The zero-order chi connectivity index (χ0) is 17.7. The average Bonchev–Trinajstić information content (AvgIpc) is 2.63. The van der Waals surface area contributed by atoms with Gasteiger partial charge in [-0.05, 0) is 29.7 Å². The van der Waals surface area contributed by atoms with Gasteiger partial charge >= 0.3 is 11.9 Å². The maximum Gasteiger partial charge on any atom is 0.310 e. The lowest BCUT2D eigenvalue weighted by Gasteiger charge is -2.00. The van der Waals surface area contributed by atoms with Crippen LogP contribution in [0.3, 0.4) is 0 Å². The normalized spacial score (nSPS) is 10.9. The minimum absolute atomic E-state index is 0.163. The first-order valence-electron chi connectivity index (χ1n) is 8.06. The number of hydrogen-bond acceptors (Lipinski definition) is 4. The van der Waals surface area contributed by atoms with E-state index >= 15 is 0 Å². The molecule has 2 aromatic rings. The van der Waals surface area contributed by atoms with Gasteiger partial charge in [-0.2, -0.15) is 0 Å². The van der Waals surface area contributed by atoms with Gasteiger partial charge < -0.3 is 9.47 Å². The van der Waals surface area contributed by atoms with E-state index in [0.29, 0.717) is 6.42 Å². The second kappa shape index (κ2) is 10.6. The molecule has 0 aliphatic carbocycles. The molecule has 25 heavy (non-hydrogen) atoms. The summed E-state index contributed by atoms with van der Waals surface area (Å²) in [7, 11) is 0. The van der Waals surface area contributed by atoms with Gasteiger partial charge in [-0.25, -0.2) is 0 Å². The van der Waals surface area contributed by atoms with Crippen molar-refractivity contribution in [2.24, 2.45) is 0 Å². The van der Waals surface area contributed by atoms with Crippen LogP contribution in [-0.2, 0) is 19.1 Å². The number of benzene rings is 2. The van der Waals surface area contributed by atoms with Crippen molar-refractivity contribution in [2.45, 2.75) is 19.3 Å². The molecular formula is C21H20O4. The Morgan fingerprint density at radius 2 is 1.08 bits per heavy atom. The molecule has 0 atom stereocenters. The van der Waals surface area contributed by atoms with Gasteiger partial charge in [-0.15, -0.1) is 0 Å². The van der Waals surface area contributed by atoms with Gasteiger partial charge in [0.25, 0.3) is 0 Å². The molecule has 0 amide bonds. The van der Waals surface area contributed by atoms with E-state index in [1.165, 1.54) is 12.5 Å². The molecule has 0 unspecified atom stereocenters. The maximum atomic E-state index is 11.6. The molecule has 0 saturated carbocycles. The van der Waals surface area contributed by atoms with Gasteiger partial charge in [-0.3, -0.25) is 9.59 Å². The zero-order valence-electron chi connectivity index (χ0n) is 13.8. The van der Waals surface area contributed by atoms with Crippen molar-refractivity contribution in [1.82, 2.24) is 0 Å². The molecule has 128 valence electrons. The first-order chi connectivity index (χ1) is 12.2. The van der Waals surface area contributed by atoms with Crippen LogP contribution in [0.4, 0.5) is 0 Å². The second-order valence-electron chi connectivity index (χ2n) is 5.26. The second-order valence-corrected chi connectivity index (χ2v) is 5.26. The lowest BCUT2D eigenvalue weighted by Crippen LogP contribution is -2.03. The predicted molar refractivity (Wildman–Crippen MR) is 97.0 cm³/mol. The largest absolute Gasteiger partial charge is 0.434 e. The van der Waals surface area contributed by atoms with Crippen molar-refractivity contribution < 1.29 is 19.1 Å². The van der Waals surface area contributed by atoms with Crippen LogP contribution in [0.15, 0.2) is 73.2 Å². The monoisotopic (exact) mass is 336 g/mol. The van der Waals surface area contributed by atoms with E-state index in [1.54, 1.807) is 12.2 Å². The van der Waals surface area contributed by atoms with Gasteiger partial charge in [-0.1, -0.05) is 60.7 Å². The summed E-state index contributed by atoms with van der Waals surface area (Å²) >= 11 is 0. The fourth-order valence-corrected chi connectivity index (χ4v) is 2.00. The maximum absolute atomic E-state index is 11.6. The summed E-state index contributed by atoms with van der Waals surface area (Å²) in [5, 5.41) is 0. The first-order valence-corrected chi connectivity index (χ1v) is 8.06. The summed E-state index contributed by atoms with van der Waals surface area (Å²) in [6.07, 6.45) is 6.85. The third kappa shape index (κ3) is 7.79. The van der Waals surface area contributed by atoms with Crippen molar-refractivity contribution in [1.29, 1.82) is 0 Å². The molecule has 4 nitrogen and oxygen atoms in total. The predicted octanol–water partition coefficient (Wildman–Crippen LogP) is 4.58. The first kappa shape index (κ1) is 18.2. The molecule has 0 saturated heterocycles. The highest BCUT2D eigenvalue weighted by molar-refractivity contribution is 5.73. The summed E-state index contributed by atoms with van der Waals surface area (Å²) in [6, 6.07) is 19.1. The number of ether oxygens (including phenoxy) is 2. The fraction of sp³-hybridized carbons (Fsp3) is 0.143. The number of esters is 2. The third-order valence-corrected chi connectivity index (χ3v) is 3.28. The lowest BCUT2D eigenvalue weighted by molar-refractivity contribution is -0.139. The minimum Gasteiger partial charge on any atom is -0.434 e. The van der Waals surface area contributed by atoms with Crippen LogP contribution in [0.25, 0.3) is 12.2 Å².